The molecule has 0 N–H and O–H groups in total. The average molecular weight is 416 g/mol. The fourth-order valence-corrected chi connectivity index (χ4v) is 2.45. The van der Waals surface area contributed by atoms with Crippen molar-refractivity contribution >= 4 is 0 Å². The van der Waals surface area contributed by atoms with E-state index >= 15 is 0 Å². The molecular formula is C28H32Ti. The maximum Gasteiger partial charge on any atom is 4.00 e. The summed E-state index contributed by atoms with van der Waals surface area (Å²) in [6, 6.07) is 19.7. The molecule has 0 atom stereocenters. The molecule has 0 aliphatic heterocycles. The first kappa shape index (κ1) is 26.9. The van der Waals surface area contributed by atoms with E-state index in [0.29, 0.717) is 0 Å². The van der Waals surface area contributed by atoms with Gasteiger partial charge in [-0.3, -0.25) is 12.2 Å². The Kier molecular flexibility index (Phi) is 14.6. The third-order valence-electron chi connectivity index (χ3n) is 3.94. The maximum absolute atomic E-state index is 3.72. The van der Waals surface area contributed by atoms with Crippen LogP contribution in [0.5, 0.6) is 0 Å². The molecule has 29 heavy (non-hydrogen) atoms. The molecule has 0 fully saturated rings. The fraction of sp³-hybridized carbons (Fsp3) is 0.214. The van der Waals surface area contributed by atoms with Crippen molar-refractivity contribution in [2.45, 2.75) is 40.5 Å². The SMILES string of the molecule is CC1=[C-]C(C)=CC1.CC1=[C-]C(C)=CC1.[CH2-]c1ccccc1.[CH2-]c1ccccc1.[Ti+4]. The van der Waals surface area contributed by atoms with Crippen LogP contribution in [0.15, 0.2) is 95.1 Å². The van der Waals surface area contributed by atoms with Crippen molar-refractivity contribution in [1.29, 1.82) is 0 Å². The largest absolute Gasteiger partial charge is 4.00 e. The Morgan fingerprint density at radius 2 is 0.897 bits per heavy atom. The summed E-state index contributed by atoms with van der Waals surface area (Å²) < 4.78 is 0. The van der Waals surface area contributed by atoms with E-state index in [4.69, 9.17) is 0 Å². The molecular weight excluding hydrogens is 384 g/mol. The smallest absolute Gasteiger partial charge is 0.250 e. The molecule has 1 heteroatoms. The Balaban J connectivity index is 0.000000356. The molecule has 2 aliphatic carbocycles. The van der Waals surface area contributed by atoms with Gasteiger partial charge < -0.3 is 0 Å². The number of allylic oxidation sites excluding steroid dienone is 8. The van der Waals surface area contributed by atoms with E-state index in [0.717, 1.165) is 24.0 Å². The van der Waals surface area contributed by atoms with Crippen molar-refractivity contribution in [3.8, 4) is 0 Å². The molecule has 0 aromatic heterocycles. The zero-order valence-electron chi connectivity index (χ0n) is 18.3. The minimum Gasteiger partial charge on any atom is -0.250 e. The molecule has 0 bridgehead atoms. The standard InChI is InChI=1S/2C7H9.2C7H7.Ti/c2*1-6-3-4-7(2)5-6;2*1-7-5-3-2-4-6-7;/h2*3H,4H2,1-2H3;2*2-6H,1H2;/q4*-1;+4. The molecule has 0 nitrogen and oxygen atoms in total. The van der Waals surface area contributed by atoms with Crippen LogP contribution in [-0.2, 0) is 21.7 Å². The van der Waals surface area contributed by atoms with Gasteiger partial charge in [0.2, 0.25) is 0 Å². The maximum atomic E-state index is 3.72. The van der Waals surface area contributed by atoms with Gasteiger partial charge in [-0.2, -0.15) is 60.4 Å². The first-order valence-corrected chi connectivity index (χ1v) is 9.63. The quantitative estimate of drug-likeness (QED) is 0.302. The van der Waals surface area contributed by atoms with E-state index in [1.807, 2.05) is 60.7 Å². The average Bonchev–Trinajstić information content (AvgIpc) is 3.24. The molecule has 0 spiro atoms. The molecule has 2 aromatic rings. The van der Waals surface area contributed by atoms with Gasteiger partial charge in [-0.1, -0.05) is 52.7 Å². The van der Waals surface area contributed by atoms with E-state index in [-0.39, 0.29) is 21.7 Å². The van der Waals surface area contributed by atoms with Crippen molar-refractivity contribution in [1.82, 2.24) is 0 Å². The summed E-state index contributed by atoms with van der Waals surface area (Å²) in [7, 11) is 0. The molecule has 2 aromatic carbocycles. The van der Waals surface area contributed by atoms with Crippen LogP contribution in [-0.4, -0.2) is 0 Å². The Bertz CT molecular complexity index is 734. The van der Waals surface area contributed by atoms with E-state index in [1.165, 1.54) is 22.3 Å². The summed E-state index contributed by atoms with van der Waals surface area (Å²) in [5, 5.41) is 0. The van der Waals surface area contributed by atoms with Crippen LogP contribution in [0.25, 0.3) is 0 Å². The summed E-state index contributed by atoms with van der Waals surface area (Å²) in [5.74, 6) is 0. The number of hydrogen-bond donors (Lipinski definition) is 0. The second-order valence-electron chi connectivity index (χ2n) is 6.96. The van der Waals surface area contributed by atoms with Gasteiger partial charge in [-0.25, -0.2) is 23.3 Å². The number of benzene rings is 2. The Morgan fingerprint density at radius 1 is 0.586 bits per heavy atom. The molecule has 2 aliphatic rings. The molecule has 0 radical (unpaired) electrons. The zero-order valence-corrected chi connectivity index (χ0v) is 19.8. The normalized spacial score (nSPS) is 13.4. The Labute approximate surface area is 194 Å². The summed E-state index contributed by atoms with van der Waals surface area (Å²) >= 11 is 0. The second-order valence-corrected chi connectivity index (χ2v) is 6.96. The summed E-state index contributed by atoms with van der Waals surface area (Å²) in [6.45, 7) is 15.8. The molecule has 0 unspecified atom stereocenters. The van der Waals surface area contributed by atoms with Crippen LogP contribution in [0.2, 0.25) is 0 Å². The third kappa shape index (κ3) is 14.5. The first-order valence-electron chi connectivity index (χ1n) is 9.63. The predicted molar refractivity (Wildman–Crippen MR) is 123 cm³/mol. The van der Waals surface area contributed by atoms with Crippen LogP contribution in [0.1, 0.15) is 51.7 Å². The van der Waals surface area contributed by atoms with Crippen LogP contribution < -0.4 is 0 Å². The molecule has 0 saturated heterocycles. The number of hydrogen-bond acceptors (Lipinski definition) is 0. The van der Waals surface area contributed by atoms with Crippen molar-refractivity contribution in [2.75, 3.05) is 0 Å². The molecule has 0 heterocycles. The Morgan fingerprint density at radius 3 is 1.00 bits per heavy atom. The van der Waals surface area contributed by atoms with Gasteiger partial charge in [0.05, 0.1) is 0 Å². The van der Waals surface area contributed by atoms with Gasteiger partial charge in [0.25, 0.3) is 0 Å². The topological polar surface area (TPSA) is 0 Å². The first-order chi connectivity index (χ1) is 13.4. The minimum absolute atomic E-state index is 0. The van der Waals surface area contributed by atoms with Crippen LogP contribution in [0.4, 0.5) is 0 Å². The summed E-state index contributed by atoms with van der Waals surface area (Å²) in [6.07, 6.45) is 13.0. The number of rotatable bonds is 0. The van der Waals surface area contributed by atoms with Gasteiger partial charge in [-0.15, -0.1) is 24.3 Å². The van der Waals surface area contributed by atoms with Crippen molar-refractivity contribution < 1.29 is 21.7 Å². The monoisotopic (exact) mass is 416 g/mol. The third-order valence-corrected chi connectivity index (χ3v) is 3.94. The molecule has 0 saturated carbocycles. The van der Waals surface area contributed by atoms with E-state index in [2.05, 4.69) is 65.8 Å². The Hall–Kier alpha value is -2.15. The van der Waals surface area contributed by atoms with Crippen molar-refractivity contribution in [2.24, 2.45) is 0 Å². The van der Waals surface area contributed by atoms with Gasteiger partial charge in [0.15, 0.2) is 0 Å². The van der Waals surface area contributed by atoms with E-state index in [9.17, 15) is 0 Å². The zero-order chi connectivity index (χ0) is 20.8. The molecule has 148 valence electrons. The predicted octanol–water partition coefficient (Wildman–Crippen LogP) is 7.91. The summed E-state index contributed by atoms with van der Waals surface area (Å²) in [5.41, 5.74) is 7.44. The van der Waals surface area contributed by atoms with Gasteiger partial charge in [-0.05, 0) is 0 Å². The van der Waals surface area contributed by atoms with Gasteiger partial charge in [0.1, 0.15) is 0 Å². The van der Waals surface area contributed by atoms with Crippen LogP contribution in [0, 0.1) is 26.0 Å². The fourth-order valence-electron chi connectivity index (χ4n) is 2.45. The second kappa shape index (κ2) is 15.7. The molecule has 4 rings (SSSR count). The van der Waals surface area contributed by atoms with Crippen LogP contribution >= 0.6 is 0 Å². The van der Waals surface area contributed by atoms with Crippen molar-refractivity contribution in [3.05, 3.63) is 132 Å². The van der Waals surface area contributed by atoms with E-state index in [1.54, 1.807) is 0 Å². The van der Waals surface area contributed by atoms with Crippen molar-refractivity contribution in [3.63, 3.8) is 0 Å². The van der Waals surface area contributed by atoms with E-state index < -0.39 is 0 Å². The minimum atomic E-state index is 0. The van der Waals surface area contributed by atoms with Crippen LogP contribution in [0.3, 0.4) is 0 Å². The van der Waals surface area contributed by atoms with Gasteiger partial charge >= 0.3 is 21.7 Å². The molecule has 0 amide bonds. The van der Waals surface area contributed by atoms with Gasteiger partial charge in [0, 0.05) is 0 Å². The summed E-state index contributed by atoms with van der Waals surface area (Å²) in [4.78, 5) is 0.